The molecule has 0 heterocycles. The average molecular weight is 438 g/mol. The Balaban J connectivity index is -0.000000386. The van der Waals surface area contributed by atoms with Crippen LogP contribution >= 0.6 is 0 Å². The minimum atomic E-state index is -1.00. The van der Waals surface area contributed by atoms with Crippen LogP contribution in [0, 0.1) is 10.8 Å². The van der Waals surface area contributed by atoms with E-state index in [1.165, 1.54) is 6.92 Å². The van der Waals surface area contributed by atoms with Crippen molar-refractivity contribution < 1.29 is 29.7 Å². The Bertz CT molecular complexity index is 507. The second-order valence-corrected chi connectivity index (χ2v) is 5.98. The van der Waals surface area contributed by atoms with Crippen LogP contribution in [0.1, 0.15) is 32.6 Å². The number of nitrogens with one attached hydrogen (secondary N) is 4. The first kappa shape index (κ1) is 31.5. The molecule has 0 amide bonds. The molecule has 0 saturated carbocycles. The van der Waals surface area contributed by atoms with Gasteiger partial charge in [-0.3, -0.25) is 25.2 Å². The standard InChI is InChI=1S/2C6H14N4O2.C3H7NO2/c2*7-4(5(11)12)2-1-3-10-6(8)9;1-2(4)3(5)6/h2*4H,1-3,7H2,(H,11,12)(H4,8,9,10);2H,4H2,1H3,(H,5,6)/t4-;;2-/m1.1/s1. The van der Waals surface area contributed by atoms with Crippen molar-refractivity contribution in [3.05, 3.63) is 0 Å². The number of hydrogen-bond acceptors (Lipinski definition) is 8. The first-order valence-corrected chi connectivity index (χ1v) is 8.83. The Labute approximate surface area is 174 Å². The molecule has 0 rings (SSSR count). The van der Waals surface area contributed by atoms with Crippen LogP contribution < -0.4 is 39.3 Å². The fraction of sp³-hybridized carbons (Fsp3) is 0.667. The van der Waals surface area contributed by atoms with Gasteiger partial charge in [0, 0.05) is 13.1 Å². The first-order valence-electron chi connectivity index (χ1n) is 8.83. The number of carboxylic acids is 3. The molecule has 0 aromatic carbocycles. The molecule has 176 valence electrons. The molecule has 0 aromatic heterocycles. The second kappa shape index (κ2) is 19.2. The molecular weight excluding hydrogens is 402 g/mol. The quantitative estimate of drug-likeness (QED) is 0.0858. The predicted octanol–water partition coefficient (Wildman–Crippen LogP) is -3.26. The van der Waals surface area contributed by atoms with Crippen molar-refractivity contribution in [1.29, 1.82) is 10.8 Å². The number of guanidine groups is 2. The van der Waals surface area contributed by atoms with Gasteiger partial charge in [0.2, 0.25) is 0 Å². The van der Waals surface area contributed by atoms with Crippen LogP contribution in [0.5, 0.6) is 0 Å². The van der Waals surface area contributed by atoms with Gasteiger partial charge in [-0.05, 0) is 32.6 Å². The predicted molar refractivity (Wildman–Crippen MR) is 111 cm³/mol. The van der Waals surface area contributed by atoms with Gasteiger partial charge in [0.15, 0.2) is 11.9 Å². The summed E-state index contributed by atoms with van der Waals surface area (Å²) in [5, 5.41) is 43.3. The monoisotopic (exact) mass is 437 g/mol. The lowest BCUT2D eigenvalue weighted by atomic mass is 10.2. The van der Waals surface area contributed by atoms with Gasteiger partial charge in [-0.1, -0.05) is 0 Å². The van der Waals surface area contributed by atoms with Gasteiger partial charge in [0.25, 0.3) is 0 Å². The molecule has 15 nitrogen and oxygen atoms in total. The molecule has 15 heteroatoms. The van der Waals surface area contributed by atoms with E-state index in [1.54, 1.807) is 0 Å². The van der Waals surface area contributed by atoms with Crippen LogP contribution in [-0.4, -0.2) is 76.4 Å². The summed E-state index contributed by atoms with van der Waals surface area (Å²) in [6.45, 7) is 2.38. The maximum Gasteiger partial charge on any atom is 0.320 e. The van der Waals surface area contributed by atoms with Gasteiger partial charge in [-0.15, -0.1) is 0 Å². The molecule has 0 radical (unpaired) electrons. The molecule has 0 aliphatic carbocycles. The maximum absolute atomic E-state index is 10.2. The van der Waals surface area contributed by atoms with Crippen molar-refractivity contribution in [3.8, 4) is 0 Å². The first-order chi connectivity index (χ1) is 13.7. The fourth-order valence-electron chi connectivity index (χ4n) is 1.34. The summed E-state index contributed by atoms with van der Waals surface area (Å²) in [5.74, 6) is -3.19. The number of rotatable bonds is 11. The van der Waals surface area contributed by atoms with Crippen LogP contribution in [0.15, 0.2) is 0 Å². The van der Waals surface area contributed by atoms with Crippen molar-refractivity contribution in [2.24, 2.45) is 28.7 Å². The highest BCUT2D eigenvalue weighted by Crippen LogP contribution is 1.93. The zero-order valence-corrected chi connectivity index (χ0v) is 16.9. The van der Waals surface area contributed by atoms with E-state index in [0.29, 0.717) is 38.8 Å². The van der Waals surface area contributed by atoms with Crippen molar-refractivity contribution in [2.45, 2.75) is 50.7 Å². The zero-order valence-electron chi connectivity index (χ0n) is 16.9. The van der Waals surface area contributed by atoms with Crippen LogP contribution in [0.25, 0.3) is 0 Å². The highest BCUT2D eigenvalue weighted by atomic mass is 16.4. The molecule has 0 saturated heterocycles. The largest absolute Gasteiger partial charge is 0.480 e. The Hall–Kier alpha value is -3.17. The van der Waals surface area contributed by atoms with E-state index in [0.717, 1.165) is 0 Å². The minimum Gasteiger partial charge on any atom is -0.480 e. The average Bonchev–Trinajstić information content (AvgIpc) is 2.62. The molecular formula is C15H35N9O6. The molecule has 3 atom stereocenters. The molecule has 0 bridgehead atoms. The van der Waals surface area contributed by atoms with E-state index in [9.17, 15) is 14.4 Å². The van der Waals surface area contributed by atoms with E-state index in [2.05, 4.69) is 10.6 Å². The van der Waals surface area contributed by atoms with Crippen LogP contribution in [0.2, 0.25) is 0 Å². The molecule has 0 spiro atoms. The second-order valence-electron chi connectivity index (χ2n) is 5.98. The topological polar surface area (TPSA) is 314 Å². The van der Waals surface area contributed by atoms with Gasteiger partial charge >= 0.3 is 17.9 Å². The lowest BCUT2D eigenvalue weighted by molar-refractivity contribution is -0.139. The molecule has 0 aromatic rings. The van der Waals surface area contributed by atoms with Gasteiger partial charge in [-0.2, -0.15) is 0 Å². The lowest BCUT2D eigenvalue weighted by Gasteiger charge is -2.06. The summed E-state index contributed by atoms with van der Waals surface area (Å²) >= 11 is 0. The van der Waals surface area contributed by atoms with E-state index in [4.69, 9.17) is 54.8 Å². The molecule has 0 fully saturated rings. The van der Waals surface area contributed by atoms with Crippen LogP contribution in [0.3, 0.4) is 0 Å². The molecule has 30 heavy (non-hydrogen) atoms. The SMILES string of the molecule is C[C@@H](N)C(=O)O.N=C(N)NCCCC(N)C(=O)O.N=C(N)NCCC[C@@H](N)C(=O)O. The molecule has 1 unspecified atom stereocenters. The smallest absolute Gasteiger partial charge is 0.320 e. The summed E-state index contributed by atoms with van der Waals surface area (Å²) in [6, 6.07) is -2.37. The Morgan fingerprint density at radius 1 is 0.767 bits per heavy atom. The number of aliphatic carboxylic acids is 3. The molecule has 0 aliphatic rings. The zero-order chi connectivity index (χ0) is 24.3. The van der Waals surface area contributed by atoms with E-state index in [1.807, 2.05) is 0 Å². The van der Waals surface area contributed by atoms with Crippen molar-refractivity contribution in [1.82, 2.24) is 10.6 Å². The van der Waals surface area contributed by atoms with Crippen molar-refractivity contribution in [2.75, 3.05) is 13.1 Å². The summed E-state index contributed by atoms with van der Waals surface area (Å²) in [6.07, 6.45) is 1.95. The van der Waals surface area contributed by atoms with E-state index < -0.39 is 36.0 Å². The summed E-state index contributed by atoms with van der Waals surface area (Å²) < 4.78 is 0. The van der Waals surface area contributed by atoms with Crippen LogP contribution in [0.4, 0.5) is 0 Å². The van der Waals surface area contributed by atoms with Gasteiger partial charge in [0.05, 0.1) is 0 Å². The minimum absolute atomic E-state index is 0.112. The summed E-state index contributed by atoms with van der Waals surface area (Å²) in [4.78, 5) is 30.0. The third-order valence-electron chi connectivity index (χ3n) is 3.04. The van der Waals surface area contributed by atoms with Crippen molar-refractivity contribution in [3.63, 3.8) is 0 Å². The highest BCUT2D eigenvalue weighted by Gasteiger charge is 2.10. The van der Waals surface area contributed by atoms with Gasteiger partial charge in [-0.25, -0.2) is 0 Å². The highest BCUT2D eigenvalue weighted by molar-refractivity contribution is 5.75. The third-order valence-corrected chi connectivity index (χ3v) is 3.04. The Kier molecular flexibility index (Phi) is 20.1. The van der Waals surface area contributed by atoms with Gasteiger partial charge in [0.1, 0.15) is 18.1 Å². The Morgan fingerprint density at radius 3 is 1.20 bits per heavy atom. The number of nitrogens with two attached hydrogens (primary N) is 5. The van der Waals surface area contributed by atoms with E-state index >= 15 is 0 Å². The normalized spacial score (nSPS) is 12.4. The van der Waals surface area contributed by atoms with E-state index in [-0.39, 0.29) is 11.9 Å². The number of carboxylic acid groups (broad SMARTS) is 3. The summed E-state index contributed by atoms with van der Waals surface area (Å²) in [7, 11) is 0. The molecule has 17 N–H and O–H groups in total. The Morgan fingerprint density at radius 2 is 1.03 bits per heavy atom. The van der Waals surface area contributed by atoms with Crippen LogP contribution in [-0.2, 0) is 14.4 Å². The van der Waals surface area contributed by atoms with Gasteiger partial charge < -0.3 is 54.6 Å². The fourth-order valence-corrected chi connectivity index (χ4v) is 1.34. The third kappa shape index (κ3) is 27.1. The lowest BCUT2D eigenvalue weighted by Crippen LogP contribution is -2.34. The maximum atomic E-state index is 10.2. The number of hydrogen-bond donors (Lipinski definition) is 12. The number of carbonyl (C=O) groups is 3. The van der Waals surface area contributed by atoms with Crippen molar-refractivity contribution >= 4 is 29.8 Å². The summed E-state index contributed by atoms with van der Waals surface area (Å²) in [5.41, 5.74) is 25.3. The molecule has 0 aliphatic heterocycles.